The molecule has 1 aliphatic rings. The van der Waals surface area contributed by atoms with Gasteiger partial charge in [0.1, 0.15) is 12.1 Å². The Morgan fingerprint density at radius 3 is 2.05 bits per heavy atom. The standard InChI is InChI=1S/C12H22N4O4/c1-12(2,3)20-11(19)14-8-9(17)15-4-6-16(7-5-15)10(13)18/h4-8H2,1-3H3,(H2,13,18)(H,14,19). The monoisotopic (exact) mass is 286 g/mol. The lowest BCUT2D eigenvalue weighted by Gasteiger charge is -2.33. The maximum atomic E-state index is 11.9. The van der Waals surface area contributed by atoms with E-state index < -0.39 is 17.7 Å². The summed E-state index contributed by atoms with van der Waals surface area (Å²) in [6.07, 6.45) is -0.623. The maximum absolute atomic E-state index is 11.9. The van der Waals surface area contributed by atoms with Crippen LogP contribution < -0.4 is 11.1 Å². The van der Waals surface area contributed by atoms with Gasteiger partial charge in [0.2, 0.25) is 5.91 Å². The first-order valence-corrected chi connectivity index (χ1v) is 6.48. The fourth-order valence-corrected chi connectivity index (χ4v) is 1.75. The summed E-state index contributed by atoms with van der Waals surface area (Å²) in [6.45, 7) is 6.77. The number of urea groups is 1. The molecule has 0 aromatic carbocycles. The van der Waals surface area contributed by atoms with Crippen molar-refractivity contribution in [3.05, 3.63) is 0 Å². The number of nitrogens with two attached hydrogens (primary N) is 1. The van der Waals surface area contributed by atoms with Gasteiger partial charge in [-0.25, -0.2) is 9.59 Å². The minimum atomic E-state index is -0.623. The van der Waals surface area contributed by atoms with Crippen molar-refractivity contribution in [2.75, 3.05) is 32.7 Å². The Labute approximate surface area is 118 Å². The second-order valence-electron chi connectivity index (χ2n) is 5.56. The van der Waals surface area contributed by atoms with Crippen molar-refractivity contribution in [3.63, 3.8) is 0 Å². The Bertz CT molecular complexity index is 383. The summed E-state index contributed by atoms with van der Waals surface area (Å²) in [5.74, 6) is -0.208. The summed E-state index contributed by atoms with van der Waals surface area (Å²) in [5.41, 5.74) is 4.56. The van der Waals surface area contributed by atoms with Crippen LogP contribution >= 0.6 is 0 Å². The van der Waals surface area contributed by atoms with Crippen LogP contribution in [-0.4, -0.2) is 66.2 Å². The van der Waals surface area contributed by atoms with Gasteiger partial charge < -0.3 is 25.6 Å². The molecule has 1 fully saturated rings. The molecular weight excluding hydrogens is 264 g/mol. The molecule has 0 aromatic rings. The first-order valence-electron chi connectivity index (χ1n) is 6.48. The molecule has 1 saturated heterocycles. The highest BCUT2D eigenvalue weighted by atomic mass is 16.6. The number of carbonyl (C=O) groups excluding carboxylic acids is 3. The predicted molar refractivity (Wildman–Crippen MR) is 72.0 cm³/mol. The minimum Gasteiger partial charge on any atom is -0.444 e. The Balaban J connectivity index is 2.31. The van der Waals surface area contributed by atoms with Crippen molar-refractivity contribution in [1.29, 1.82) is 0 Å². The lowest BCUT2D eigenvalue weighted by Crippen LogP contribution is -2.53. The third-order valence-electron chi connectivity index (χ3n) is 2.73. The van der Waals surface area contributed by atoms with Crippen LogP contribution in [0.1, 0.15) is 20.8 Å². The molecule has 8 nitrogen and oxygen atoms in total. The molecule has 4 amide bonds. The quantitative estimate of drug-likeness (QED) is 0.729. The fourth-order valence-electron chi connectivity index (χ4n) is 1.75. The number of carbonyl (C=O) groups is 3. The van der Waals surface area contributed by atoms with E-state index in [1.165, 1.54) is 4.90 Å². The number of ether oxygens (including phenoxy) is 1. The molecule has 0 radical (unpaired) electrons. The second-order valence-corrected chi connectivity index (χ2v) is 5.56. The van der Waals surface area contributed by atoms with Crippen molar-refractivity contribution < 1.29 is 19.1 Å². The predicted octanol–water partition coefficient (Wildman–Crippen LogP) is -0.266. The van der Waals surface area contributed by atoms with Crippen LogP contribution in [0.15, 0.2) is 0 Å². The van der Waals surface area contributed by atoms with Crippen molar-refractivity contribution in [1.82, 2.24) is 15.1 Å². The van der Waals surface area contributed by atoms with Crippen molar-refractivity contribution >= 4 is 18.0 Å². The van der Waals surface area contributed by atoms with Gasteiger partial charge in [-0.1, -0.05) is 0 Å². The highest BCUT2D eigenvalue weighted by molar-refractivity contribution is 5.82. The Morgan fingerprint density at radius 1 is 1.10 bits per heavy atom. The summed E-state index contributed by atoms with van der Waals surface area (Å²) < 4.78 is 5.03. The molecule has 20 heavy (non-hydrogen) atoms. The van der Waals surface area contributed by atoms with Gasteiger partial charge in [-0.3, -0.25) is 4.79 Å². The lowest BCUT2D eigenvalue weighted by atomic mass is 10.2. The van der Waals surface area contributed by atoms with Crippen LogP contribution in [0.4, 0.5) is 9.59 Å². The van der Waals surface area contributed by atoms with E-state index in [9.17, 15) is 14.4 Å². The zero-order valence-electron chi connectivity index (χ0n) is 12.1. The average Bonchev–Trinajstić information content (AvgIpc) is 2.34. The molecule has 0 aliphatic carbocycles. The van der Waals surface area contributed by atoms with E-state index in [0.29, 0.717) is 26.2 Å². The van der Waals surface area contributed by atoms with E-state index in [2.05, 4.69) is 5.32 Å². The van der Waals surface area contributed by atoms with Gasteiger partial charge in [0.05, 0.1) is 0 Å². The smallest absolute Gasteiger partial charge is 0.408 e. The molecular formula is C12H22N4O4. The molecule has 1 rings (SSSR count). The number of nitrogens with zero attached hydrogens (tertiary/aromatic N) is 2. The van der Waals surface area contributed by atoms with Gasteiger partial charge in [0, 0.05) is 26.2 Å². The lowest BCUT2D eigenvalue weighted by molar-refractivity contribution is -0.131. The van der Waals surface area contributed by atoms with Crippen molar-refractivity contribution in [3.8, 4) is 0 Å². The Kier molecular flexibility index (Phi) is 5.18. The number of amides is 4. The van der Waals surface area contributed by atoms with Crippen molar-refractivity contribution in [2.24, 2.45) is 5.73 Å². The number of rotatable bonds is 2. The summed E-state index contributed by atoms with van der Waals surface area (Å²) in [5, 5.41) is 2.41. The van der Waals surface area contributed by atoms with Crippen LogP contribution in [0.5, 0.6) is 0 Å². The number of hydrogen-bond acceptors (Lipinski definition) is 4. The van der Waals surface area contributed by atoms with Gasteiger partial charge in [-0.2, -0.15) is 0 Å². The minimum absolute atomic E-state index is 0.120. The fraction of sp³-hybridized carbons (Fsp3) is 0.750. The van der Waals surface area contributed by atoms with E-state index in [-0.39, 0.29) is 12.5 Å². The van der Waals surface area contributed by atoms with E-state index in [0.717, 1.165) is 0 Å². The summed E-state index contributed by atoms with van der Waals surface area (Å²) >= 11 is 0. The van der Waals surface area contributed by atoms with Gasteiger partial charge >= 0.3 is 12.1 Å². The molecule has 0 aromatic heterocycles. The summed E-state index contributed by atoms with van der Waals surface area (Å²) in [6, 6.07) is -0.482. The Hall–Kier alpha value is -1.99. The highest BCUT2D eigenvalue weighted by Gasteiger charge is 2.23. The largest absolute Gasteiger partial charge is 0.444 e. The number of nitrogens with one attached hydrogen (secondary N) is 1. The van der Waals surface area contributed by atoms with Gasteiger partial charge in [-0.15, -0.1) is 0 Å². The molecule has 114 valence electrons. The zero-order chi connectivity index (χ0) is 15.3. The molecule has 0 bridgehead atoms. The molecule has 0 spiro atoms. The number of hydrogen-bond donors (Lipinski definition) is 2. The molecule has 1 heterocycles. The van der Waals surface area contributed by atoms with Crippen LogP contribution in [0.2, 0.25) is 0 Å². The number of primary amides is 1. The maximum Gasteiger partial charge on any atom is 0.408 e. The summed E-state index contributed by atoms with van der Waals surface area (Å²) in [4.78, 5) is 37.3. The van der Waals surface area contributed by atoms with E-state index in [4.69, 9.17) is 10.5 Å². The van der Waals surface area contributed by atoms with Crippen molar-refractivity contribution in [2.45, 2.75) is 26.4 Å². The summed E-state index contributed by atoms with van der Waals surface area (Å²) in [7, 11) is 0. The van der Waals surface area contributed by atoms with Gasteiger partial charge in [0.15, 0.2) is 0 Å². The zero-order valence-corrected chi connectivity index (χ0v) is 12.1. The number of piperazine rings is 1. The number of alkyl carbamates (subject to hydrolysis) is 1. The SMILES string of the molecule is CC(C)(C)OC(=O)NCC(=O)N1CCN(C(N)=O)CC1. The van der Waals surface area contributed by atoms with E-state index in [1.54, 1.807) is 25.7 Å². The Morgan fingerprint density at radius 2 is 1.60 bits per heavy atom. The normalized spacial score (nSPS) is 15.8. The van der Waals surface area contributed by atoms with Gasteiger partial charge in [0.25, 0.3) is 0 Å². The molecule has 0 saturated carbocycles. The first kappa shape index (κ1) is 16.1. The topological polar surface area (TPSA) is 105 Å². The third kappa shape index (κ3) is 5.33. The second kappa shape index (κ2) is 6.44. The van der Waals surface area contributed by atoms with E-state index >= 15 is 0 Å². The van der Waals surface area contributed by atoms with Crippen LogP contribution in [-0.2, 0) is 9.53 Å². The molecule has 1 aliphatic heterocycles. The van der Waals surface area contributed by atoms with E-state index in [1.807, 2.05) is 0 Å². The third-order valence-corrected chi connectivity index (χ3v) is 2.73. The van der Waals surface area contributed by atoms with Crippen LogP contribution in [0, 0.1) is 0 Å². The molecule has 0 atom stereocenters. The average molecular weight is 286 g/mol. The molecule has 8 heteroatoms. The highest BCUT2D eigenvalue weighted by Crippen LogP contribution is 2.06. The van der Waals surface area contributed by atoms with Gasteiger partial charge in [-0.05, 0) is 20.8 Å². The van der Waals surface area contributed by atoms with Crippen LogP contribution in [0.25, 0.3) is 0 Å². The molecule has 0 unspecified atom stereocenters. The molecule has 3 N–H and O–H groups in total. The first-order chi connectivity index (χ1) is 9.19. The van der Waals surface area contributed by atoms with Crippen LogP contribution in [0.3, 0.4) is 0 Å².